The number of phosphoric acid groups is 2. The van der Waals surface area contributed by atoms with Gasteiger partial charge in [0.25, 0.3) is 0 Å². The van der Waals surface area contributed by atoms with Crippen molar-refractivity contribution in [3.05, 3.63) is 0 Å². The van der Waals surface area contributed by atoms with Crippen LogP contribution in [0.5, 0.6) is 0 Å². The normalized spacial score (nSPS) is 13.9. The predicted octanol–water partition coefficient (Wildman–Crippen LogP) is 22.6. The van der Waals surface area contributed by atoms with Crippen LogP contribution in [0.15, 0.2) is 0 Å². The van der Waals surface area contributed by atoms with Crippen molar-refractivity contribution in [2.24, 2.45) is 0 Å². The van der Waals surface area contributed by atoms with E-state index in [1.54, 1.807) is 0 Å². The molecule has 0 aromatic heterocycles. The molecule has 0 spiro atoms. The maximum absolute atomic E-state index is 13.1. The van der Waals surface area contributed by atoms with Crippen molar-refractivity contribution < 1.29 is 80.2 Å². The Morgan fingerprint density at radius 1 is 0.253 bits per heavy atom. The zero-order valence-electron chi connectivity index (χ0n) is 61.6. The average Bonchev–Trinajstić information content (AvgIpc) is 2.56. The highest BCUT2D eigenvalue weighted by Gasteiger charge is 2.30. The third-order valence-electron chi connectivity index (χ3n) is 17.9. The molecule has 0 aromatic carbocycles. The molecule has 0 amide bonds. The minimum Gasteiger partial charge on any atom is -0.462 e. The Hall–Kier alpha value is -1.94. The molecular weight excluding hydrogens is 1250 g/mol. The Morgan fingerprint density at radius 3 is 0.621 bits per heavy atom. The number of unbranched alkanes of at least 4 members (excludes halogenated alkanes) is 51. The van der Waals surface area contributed by atoms with Gasteiger partial charge in [-0.15, -0.1) is 0 Å². The van der Waals surface area contributed by atoms with Crippen molar-refractivity contribution in [1.29, 1.82) is 0 Å². The molecule has 3 N–H and O–H groups in total. The van der Waals surface area contributed by atoms with Crippen LogP contribution in [0.1, 0.15) is 407 Å². The van der Waals surface area contributed by atoms with Crippen LogP contribution in [-0.2, 0) is 65.4 Å². The Labute approximate surface area is 581 Å². The van der Waals surface area contributed by atoms with Gasteiger partial charge in [0, 0.05) is 25.7 Å². The van der Waals surface area contributed by atoms with E-state index in [0.29, 0.717) is 25.7 Å². The van der Waals surface area contributed by atoms with Gasteiger partial charge in [-0.3, -0.25) is 37.3 Å². The minimum absolute atomic E-state index is 0.108. The van der Waals surface area contributed by atoms with Gasteiger partial charge in [-0.25, -0.2) is 9.13 Å². The van der Waals surface area contributed by atoms with Crippen molar-refractivity contribution in [1.82, 2.24) is 0 Å². The van der Waals surface area contributed by atoms with E-state index in [-0.39, 0.29) is 25.7 Å². The van der Waals surface area contributed by atoms with E-state index in [0.717, 1.165) is 89.9 Å². The van der Waals surface area contributed by atoms with Gasteiger partial charge >= 0.3 is 39.5 Å². The number of rotatable bonds is 77. The highest BCUT2D eigenvalue weighted by molar-refractivity contribution is 7.47. The molecule has 2 unspecified atom stereocenters. The van der Waals surface area contributed by atoms with Gasteiger partial charge in [-0.05, 0) is 25.7 Å². The molecule has 19 heteroatoms. The summed E-state index contributed by atoms with van der Waals surface area (Å²) in [5.74, 6) is -2.11. The van der Waals surface area contributed by atoms with Crippen LogP contribution >= 0.6 is 15.6 Å². The van der Waals surface area contributed by atoms with E-state index in [4.69, 9.17) is 37.0 Å². The van der Waals surface area contributed by atoms with Crippen molar-refractivity contribution in [3.63, 3.8) is 0 Å². The molecule has 5 atom stereocenters. The lowest BCUT2D eigenvalue weighted by Gasteiger charge is -2.21. The van der Waals surface area contributed by atoms with Crippen LogP contribution in [0.25, 0.3) is 0 Å². The number of ether oxygens (including phenoxy) is 4. The van der Waals surface area contributed by atoms with E-state index in [2.05, 4.69) is 27.7 Å². The number of carbonyl (C=O) groups excluding carboxylic acids is 4. The lowest BCUT2D eigenvalue weighted by atomic mass is 10.0. The first-order valence-electron chi connectivity index (χ1n) is 39.8. The molecule has 0 fully saturated rings. The summed E-state index contributed by atoms with van der Waals surface area (Å²) in [6.07, 6.45) is 61.0. The van der Waals surface area contributed by atoms with E-state index in [1.165, 1.54) is 238 Å². The molecule has 17 nitrogen and oxygen atoms in total. The second kappa shape index (κ2) is 70.5. The van der Waals surface area contributed by atoms with E-state index < -0.39 is 97.5 Å². The fraction of sp³-hybridized carbons (Fsp3) is 0.947. The lowest BCUT2D eigenvalue weighted by Crippen LogP contribution is -2.30. The third-order valence-corrected chi connectivity index (χ3v) is 19.8. The van der Waals surface area contributed by atoms with E-state index in [9.17, 15) is 43.2 Å². The average molecular weight is 1400 g/mol. The maximum atomic E-state index is 13.1. The largest absolute Gasteiger partial charge is 0.472 e. The third kappa shape index (κ3) is 70.3. The van der Waals surface area contributed by atoms with Gasteiger partial charge in [0.15, 0.2) is 12.2 Å². The SMILES string of the molecule is CCCCCCCCCCCCCCCCCCCCC(=O)O[C@H](COC(=O)CCCCCCCCCCCCCCCCCC)COP(=O)(O)OC[C@@H](O)COP(=O)(O)OC[C@@H](COC(=O)CCCCCCCCCCC)OC(=O)CCCCCCCCCCCCCC. The Bertz CT molecular complexity index is 1810. The monoisotopic (exact) mass is 1400 g/mol. The van der Waals surface area contributed by atoms with E-state index >= 15 is 0 Å². The van der Waals surface area contributed by atoms with Crippen LogP contribution in [-0.4, -0.2) is 96.7 Å². The highest BCUT2D eigenvalue weighted by atomic mass is 31.2. The number of aliphatic hydroxyl groups excluding tert-OH is 1. The molecule has 95 heavy (non-hydrogen) atoms. The summed E-state index contributed by atoms with van der Waals surface area (Å²) in [4.78, 5) is 72.8. The molecule has 0 saturated heterocycles. The molecule has 0 saturated carbocycles. The molecule has 0 heterocycles. The highest BCUT2D eigenvalue weighted by Crippen LogP contribution is 2.45. The standard InChI is InChI=1S/C76H148O17P2/c1-5-9-13-17-21-25-28-31-33-35-36-38-40-43-47-51-55-59-63-76(81)93-72(67-87-74(79)61-57-53-49-45-42-39-37-34-32-29-26-22-18-14-10-6-2)69-91-95(84,85)89-65-70(77)64-88-94(82,83)90-68-71(66-86-73(78)60-56-52-48-44-24-20-16-12-8-4)92-75(80)62-58-54-50-46-41-30-27-23-19-15-11-7-3/h70-72,77H,5-69H2,1-4H3,(H,82,83)(H,84,85)/t70-,71+,72+/m0/s1. The quantitative estimate of drug-likeness (QED) is 0.0222. The van der Waals surface area contributed by atoms with Crippen LogP contribution in [0.3, 0.4) is 0 Å². The van der Waals surface area contributed by atoms with Gasteiger partial charge in [-0.2, -0.15) is 0 Å². The molecule has 0 aliphatic heterocycles. The first-order valence-corrected chi connectivity index (χ1v) is 42.8. The second-order valence-electron chi connectivity index (χ2n) is 27.4. The Balaban J connectivity index is 5.22. The summed E-state index contributed by atoms with van der Waals surface area (Å²) in [5, 5.41) is 10.6. The fourth-order valence-corrected chi connectivity index (χ4v) is 13.3. The molecule has 0 radical (unpaired) electrons. The van der Waals surface area contributed by atoms with Crippen molar-refractivity contribution in [2.75, 3.05) is 39.6 Å². The first-order chi connectivity index (χ1) is 46.2. The summed E-state index contributed by atoms with van der Waals surface area (Å²) in [5.41, 5.74) is 0. The number of aliphatic hydroxyl groups is 1. The Kier molecular flexibility index (Phi) is 69.1. The smallest absolute Gasteiger partial charge is 0.462 e. The summed E-state index contributed by atoms with van der Waals surface area (Å²) in [6, 6.07) is 0. The number of hydrogen-bond donors (Lipinski definition) is 3. The van der Waals surface area contributed by atoms with Crippen molar-refractivity contribution >= 4 is 39.5 Å². The molecule has 0 bridgehead atoms. The zero-order chi connectivity index (χ0) is 69.7. The van der Waals surface area contributed by atoms with E-state index in [1.807, 2.05) is 0 Å². The first kappa shape index (κ1) is 93.1. The lowest BCUT2D eigenvalue weighted by molar-refractivity contribution is -0.161. The van der Waals surface area contributed by atoms with Crippen molar-refractivity contribution in [2.45, 2.75) is 425 Å². The topological polar surface area (TPSA) is 237 Å². The van der Waals surface area contributed by atoms with Crippen molar-refractivity contribution in [3.8, 4) is 0 Å². The Morgan fingerprint density at radius 2 is 0.421 bits per heavy atom. The number of phosphoric ester groups is 2. The zero-order valence-corrected chi connectivity index (χ0v) is 63.4. The predicted molar refractivity (Wildman–Crippen MR) is 386 cm³/mol. The second-order valence-corrected chi connectivity index (χ2v) is 30.3. The van der Waals surface area contributed by atoms with Crippen LogP contribution < -0.4 is 0 Å². The fourth-order valence-electron chi connectivity index (χ4n) is 11.8. The molecule has 0 aliphatic carbocycles. The maximum Gasteiger partial charge on any atom is 0.472 e. The van der Waals surface area contributed by atoms with Gasteiger partial charge in [0.05, 0.1) is 26.4 Å². The van der Waals surface area contributed by atoms with Gasteiger partial charge in [0.2, 0.25) is 0 Å². The summed E-state index contributed by atoms with van der Waals surface area (Å²) < 4.78 is 68.5. The molecular formula is C76H148O17P2. The summed E-state index contributed by atoms with van der Waals surface area (Å²) in [6.45, 7) is 4.98. The van der Waals surface area contributed by atoms with Gasteiger partial charge in [-0.1, -0.05) is 355 Å². The number of carbonyl (C=O) groups is 4. The number of hydrogen-bond acceptors (Lipinski definition) is 15. The minimum atomic E-state index is -4.96. The van der Waals surface area contributed by atoms with Gasteiger partial charge in [0.1, 0.15) is 19.3 Å². The summed E-state index contributed by atoms with van der Waals surface area (Å²) in [7, 11) is -9.91. The molecule has 0 rings (SSSR count). The molecule has 0 aliphatic rings. The van der Waals surface area contributed by atoms with Gasteiger partial charge < -0.3 is 33.8 Å². The molecule has 564 valence electrons. The summed E-state index contributed by atoms with van der Waals surface area (Å²) >= 11 is 0. The van der Waals surface area contributed by atoms with Crippen LogP contribution in [0.4, 0.5) is 0 Å². The van der Waals surface area contributed by atoms with Crippen LogP contribution in [0, 0.1) is 0 Å². The molecule has 0 aromatic rings. The number of esters is 4. The van der Waals surface area contributed by atoms with Crippen LogP contribution in [0.2, 0.25) is 0 Å².